The molecule has 0 bridgehead atoms. The van der Waals surface area contributed by atoms with Crippen LogP contribution in [0.4, 0.5) is 0 Å². The summed E-state index contributed by atoms with van der Waals surface area (Å²) in [4.78, 5) is 9.04. The first-order chi connectivity index (χ1) is 12.3. The van der Waals surface area contributed by atoms with Crippen molar-refractivity contribution in [2.75, 3.05) is 39.4 Å². The fourth-order valence-corrected chi connectivity index (χ4v) is 3.88. The molecule has 6 nitrogen and oxygen atoms in total. The summed E-state index contributed by atoms with van der Waals surface area (Å²) in [7, 11) is 0. The Morgan fingerprint density at radius 1 is 1.08 bits per heavy atom. The smallest absolute Gasteiger partial charge is 0.0951 e. The second-order valence-electron chi connectivity index (χ2n) is 6.98. The number of β-amino-alcohol motifs (C(OH)–C–C–N with tert-alkyl or cyclic N) is 1. The molecule has 0 amide bonds. The van der Waals surface area contributed by atoms with E-state index in [0.29, 0.717) is 0 Å². The van der Waals surface area contributed by atoms with Gasteiger partial charge in [0.25, 0.3) is 0 Å². The van der Waals surface area contributed by atoms with Gasteiger partial charge in [-0.15, -0.1) is 0 Å². The summed E-state index contributed by atoms with van der Waals surface area (Å²) in [5.41, 5.74) is 2.47. The number of aliphatic hydroxyl groups is 1. The second-order valence-corrected chi connectivity index (χ2v) is 6.98. The lowest BCUT2D eigenvalue weighted by molar-refractivity contribution is -0.00618. The third kappa shape index (κ3) is 3.93. The zero-order valence-corrected chi connectivity index (χ0v) is 14.5. The average molecular weight is 342 g/mol. The molecule has 0 aliphatic carbocycles. The first-order valence-electron chi connectivity index (χ1n) is 9.05. The van der Waals surface area contributed by atoms with Gasteiger partial charge >= 0.3 is 0 Å². The van der Waals surface area contributed by atoms with E-state index in [1.807, 2.05) is 18.6 Å². The molecule has 1 aromatic carbocycles. The lowest BCUT2D eigenvalue weighted by atomic mass is 10.2. The van der Waals surface area contributed by atoms with Crippen LogP contribution in [0, 0.1) is 0 Å². The zero-order chi connectivity index (χ0) is 17.1. The molecule has 2 aliphatic rings. The molecule has 4 rings (SSSR count). The summed E-state index contributed by atoms with van der Waals surface area (Å²) in [5, 5.41) is 10.5. The zero-order valence-electron chi connectivity index (χ0n) is 14.5. The van der Waals surface area contributed by atoms with E-state index >= 15 is 0 Å². The van der Waals surface area contributed by atoms with E-state index in [2.05, 4.69) is 43.6 Å². The third-order valence-corrected chi connectivity index (χ3v) is 5.23. The second kappa shape index (κ2) is 7.66. The van der Waals surface area contributed by atoms with Crippen molar-refractivity contribution in [3.63, 3.8) is 0 Å². The van der Waals surface area contributed by atoms with Gasteiger partial charge in [-0.3, -0.25) is 9.80 Å². The molecule has 0 spiro atoms. The molecule has 3 heterocycles. The molecular weight excluding hydrogens is 316 g/mol. The van der Waals surface area contributed by atoms with Crippen LogP contribution in [0.15, 0.2) is 42.9 Å². The van der Waals surface area contributed by atoms with Crippen LogP contribution in [-0.4, -0.2) is 76.0 Å². The van der Waals surface area contributed by atoms with Crippen molar-refractivity contribution in [3.8, 4) is 0 Å². The van der Waals surface area contributed by atoms with E-state index in [-0.39, 0.29) is 12.1 Å². The summed E-state index contributed by atoms with van der Waals surface area (Å²) in [6.45, 7) is 6.66. The van der Waals surface area contributed by atoms with Crippen molar-refractivity contribution < 1.29 is 9.84 Å². The minimum atomic E-state index is -0.288. The van der Waals surface area contributed by atoms with Crippen molar-refractivity contribution in [2.24, 2.45) is 0 Å². The number of likely N-dealkylation sites (tertiary alicyclic amines) is 1. The molecule has 2 aromatic rings. The number of rotatable bonds is 5. The number of hydrogen-bond donors (Lipinski definition) is 1. The Bertz CT molecular complexity index is 669. The van der Waals surface area contributed by atoms with Gasteiger partial charge in [0.2, 0.25) is 0 Å². The Labute approximate surface area is 148 Å². The summed E-state index contributed by atoms with van der Waals surface area (Å²) in [5.74, 6) is 0. The minimum Gasteiger partial charge on any atom is -0.390 e. The van der Waals surface area contributed by atoms with Crippen molar-refractivity contribution in [2.45, 2.75) is 25.2 Å². The Balaban J connectivity index is 1.39. The van der Waals surface area contributed by atoms with Crippen molar-refractivity contribution in [3.05, 3.63) is 54.1 Å². The molecule has 25 heavy (non-hydrogen) atoms. The summed E-state index contributed by atoms with van der Waals surface area (Å²) < 4.78 is 7.63. The van der Waals surface area contributed by atoms with E-state index in [0.717, 1.165) is 52.5 Å². The Morgan fingerprint density at radius 2 is 1.88 bits per heavy atom. The highest BCUT2D eigenvalue weighted by Gasteiger charge is 2.36. The van der Waals surface area contributed by atoms with Crippen LogP contribution in [0.2, 0.25) is 0 Å². The number of nitrogens with zero attached hydrogens (tertiary/aromatic N) is 4. The van der Waals surface area contributed by atoms with Gasteiger partial charge in [-0.25, -0.2) is 4.98 Å². The number of imidazole rings is 1. The van der Waals surface area contributed by atoms with Crippen LogP contribution in [0.5, 0.6) is 0 Å². The summed E-state index contributed by atoms with van der Waals surface area (Å²) in [6, 6.07) is 10.7. The lowest BCUT2D eigenvalue weighted by Crippen LogP contribution is -2.48. The molecular formula is C19H26N4O2. The normalized spacial score (nSPS) is 25.5. The third-order valence-electron chi connectivity index (χ3n) is 5.23. The average Bonchev–Trinajstić information content (AvgIpc) is 3.23. The molecule has 134 valence electrons. The fourth-order valence-electron chi connectivity index (χ4n) is 3.88. The molecule has 6 heteroatoms. The van der Waals surface area contributed by atoms with Gasteiger partial charge < -0.3 is 14.4 Å². The molecule has 2 aliphatic heterocycles. The lowest BCUT2D eigenvalue weighted by Gasteiger charge is -2.33. The largest absolute Gasteiger partial charge is 0.390 e. The number of morpholine rings is 1. The van der Waals surface area contributed by atoms with E-state index in [1.54, 1.807) is 0 Å². The monoisotopic (exact) mass is 342 g/mol. The Morgan fingerprint density at radius 3 is 2.68 bits per heavy atom. The number of aliphatic hydroxyl groups excluding tert-OH is 1. The topological polar surface area (TPSA) is 53.8 Å². The van der Waals surface area contributed by atoms with Gasteiger partial charge in [0.05, 0.1) is 31.3 Å². The first kappa shape index (κ1) is 16.7. The summed E-state index contributed by atoms with van der Waals surface area (Å²) >= 11 is 0. The molecule has 2 fully saturated rings. The molecule has 0 unspecified atom stereocenters. The highest BCUT2D eigenvalue weighted by molar-refractivity contribution is 5.16. The van der Waals surface area contributed by atoms with Gasteiger partial charge in [-0.2, -0.15) is 0 Å². The van der Waals surface area contributed by atoms with Gasteiger partial charge in [-0.1, -0.05) is 30.3 Å². The van der Waals surface area contributed by atoms with Crippen LogP contribution < -0.4 is 0 Å². The quantitative estimate of drug-likeness (QED) is 0.871. The van der Waals surface area contributed by atoms with Crippen LogP contribution in [0.3, 0.4) is 0 Å². The maximum absolute atomic E-state index is 10.5. The maximum Gasteiger partial charge on any atom is 0.0951 e. The minimum absolute atomic E-state index is 0.217. The highest BCUT2D eigenvalue weighted by Crippen LogP contribution is 2.20. The van der Waals surface area contributed by atoms with Crippen LogP contribution in [0.25, 0.3) is 0 Å². The maximum atomic E-state index is 10.5. The van der Waals surface area contributed by atoms with Crippen molar-refractivity contribution in [1.82, 2.24) is 19.4 Å². The standard InChI is InChI=1S/C19H26N4O2/c24-19-14-21(13-18(19)22-6-8-25-9-7-22)12-17-10-20-15-23(17)11-16-4-2-1-3-5-16/h1-5,10,15,18-19,24H,6-9,11-14H2/t18-,19-/m0/s1. The van der Waals surface area contributed by atoms with Crippen LogP contribution in [-0.2, 0) is 17.8 Å². The number of aromatic nitrogens is 2. The van der Waals surface area contributed by atoms with Gasteiger partial charge in [0.1, 0.15) is 0 Å². The van der Waals surface area contributed by atoms with Gasteiger partial charge in [0, 0.05) is 51.5 Å². The van der Waals surface area contributed by atoms with Gasteiger partial charge in [0.15, 0.2) is 0 Å². The fraction of sp³-hybridized carbons (Fsp3) is 0.526. The first-order valence-corrected chi connectivity index (χ1v) is 9.05. The Kier molecular flexibility index (Phi) is 5.12. The van der Waals surface area contributed by atoms with E-state index in [1.165, 1.54) is 11.3 Å². The number of ether oxygens (including phenoxy) is 1. The Hall–Kier alpha value is -1.73. The summed E-state index contributed by atoms with van der Waals surface area (Å²) in [6.07, 6.45) is 3.55. The number of hydrogen-bond acceptors (Lipinski definition) is 5. The van der Waals surface area contributed by atoms with Crippen molar-refractivity contribution >= 4 is 0 Å². The van der Waals surface area contributed by atoms with Crippen molar-refractivity contribution in [1.29, 1.82) is 0 Å². The number of benzene rings is 1. The van der Waals surface area contributed by atoms with E-state index in [9.17, 15) is 5.11 Å². The molecule has 0 radical (unpaired) electrons. The van der Waals surface area contributed by atoms with E-state index < -0.39 is 0 Å². The SMILES string of the molecule is O[C@H]1CN(Cc2cncn2Cc2ccccc2)C[C@@H]1N1CCOCC1. The molecule has 2 atom stereocenters. The molecule has 0 saturated carbocycles. The molecule has 1 N–H and O–H groups in total. The highest BCUT2D eigenvalue weighted by atomic mass is 16.5. The molecule has 2 saturated heterocycles. The van der Waals surface area contributed by atoms with E-state index in [4.69, 9.17) is 4.74 Å². The van der Waals surface area contributed by atoms with Gasteiger partial charge in [-0.05, 0) is 5.56 Å². The van der Waals surface area contributed by atoms with Crippen LogP contribution in [0.1, 0.15) is 11.3 Å². The predicted octanol–water partition coefficient (Wildman–Crippen LogP) is 0.809. The predicted molar refractivity (Wildman–Crippen MR) is 95.2 cm³/mol. The molecule has 1 aromatic heterocycles. The van der Waals surface area contributed by atoms with Crippen LogP contribution >= 0.6 is 0 Å².